The van der Waals surface area contributed by atoms with Gasteiger partial charge in [0.15, 0.2) is 5.69 Å². The molecule has 0 aliphatic carbocycles. The lowest BCUT2D eigenvalue weighted by atomic mass is 10.2. The summed E-state index contributed by atoms with van der Waals surface area (Å²) in [5.41, 5.74) is 5.89. The standard InChI is InChI=1S/C21H17BrFN7O4/c22-16-2-1-3-17(26-16)27-21(34)15-6-11(23)8-29(15)18(32)9-30-14-5-4-12(25-10-31)7-13(14)19(28-30)20(24)33/h1-5,7,11,15H,6,8-9H2,(H2,24,33)(H,26,27,34). The highest BCUT2D eigenvalue weighted by Crippen LogP contribution is 2.26. The summed E-state index contributed by atoms with van der Waals surface area (Å²) in [5.74, 6) is -1.73. The second kappa shape index (κ2) is 9.49. The van der Waals surface area contributed by atoms with Crippen LogP contribution < -0.4 is 11.1 Å². The van der Waals surface area contributed by atoms with Crippen LogP contribution in [0, 0.1) is 0 Å². The van der Waals surface area contributed by atoms with Gasteiger partial charge in [0.05, 0.1) is 17.7 Å². The number of nitrogens with two attached hydrogens (primary N) is 1. The number of nitrogens with zero attached hydrogens (tertiary/aromatic N) is 5. The summed E-state index contributed by atoms with van der Waals surface area (Å²) in [6, 6.07) is 8.30. The van der Waals surface area contributed by atoms with Crippen LogP contribution in [0.1, 0.15) is 16.9 Å². The first-order valence-corrected chi connectivity index (χ1v) is 10.8. The molecule has 2 aromatic heterocycles. The molecule has 1 aliphatic heterocycles. The number of anilines is 1. The molecule has 11 nitrogen and oxygen atoms in total. The summed E-state index contributed by atoms with van der Waals surface area (Å²) < 4.78 is 16.0. The summed E-state index contributed by atoms with van der Waals surface area (Å²) in [7, 11) is 0. The minimum Gasteiger partial charge on any atom is -0.364 e. The van der Waals surface area contributed by atoms with Crippen molar-refractivity contribution in [3.63, 3.8) is 0 Å². The lowest BCUT2D eigenvalue weighted by Gasteiger charge is -2.23. The van der Waals surface area contributed by atoms with Crippen LogP contribution in [0.5, 0.6) is 0 Å². The van der Waals surface area contributed by atoms with Crippen LogP contribution in [0.15, 0.2) is 46.0 Å². The molecule has 0 spiro atoms. The van der Waals surface area contributed by atoms with Crippen molar-refractivity contribution in [1.82, 2.24) is 19.7 Å². The number of fused-ring (bicyclic) bond motifs is 1. The van der Waals surface area contributed by atoms with Gasteiger partial charge in [-0.2, -0.15) is 10.1 Å². The van der Waals surface area contributed by atoms with E-state index in [1.54, 1.807) is 18.2 Å². The van der Waals surface area contributed by atoms with Gasteiger partial charge in [-0.3, -0.25) is 19.1 Å². The van der Waals surface area contributed by atoms with E-state index in [0.29, 0.717) is 10.1 Å². The Morgan fingerprint density at radius 1 is 1.29 bits per heavy atom. The molecule has 4 rings (SSSR count). The highest BCUT2D eigenvalue weighted by atomic mass is 79.9. The zero-order chi connectivity index (χ0) is 24.4. The third kappa shape index (κ3) is 4.70. The number of amides is 3. The van der Waals surface area contributed by atoms with E-state index in [4.69, 9.17) is 5.73 Å². The number of carbonyl (C=O) groups excluding carboxylic acids is 4. The van der Waals surface area contributed by atoms with Gasteiger partial charge in [-0.15, -0.1) is 0 Å². The van der Waals surface area contributed by atoms with E-state index in [1.165, 1.54) is 29.0 Å². The third-order valence-electron chi connectivity index (χ3n) is 5.27. The summed E-state index contributed by atoms with van der Waals surface area (Å²) in [6.07, 6.45) is -0.138. The van der Waals surface area contributed by atoms with Gasteiger partial charge in [-0.25, -0.2) is 14.2 Å². The average Bonchev–Trinajstić information content (AvgIpc) is 3.35. The zero-order valence-corrected chi connectivity index (χ0v) is 19.0. The Hall–Kier alpha value is -3.96. The van der Waals surface area contributed by atoms with Crippen LogP contribution in [0.3, 0.4) is 0 Å². The van der Waals surface area contributed by atoms with Gasteiger partial charge in [0.25, 0.3) is 5.91 Å². The zero-order valence-electron chi connectivity index (χ0n) is 17.4. The quantitative estimate of drug-likeness (QED) is 0.282. The molecule has 13 heteroatoms. The lowest BCUT2D eigenvalue weighted by Crippen LogP contribution is -2.44. The number of aliphatic imine (C=N–C) groups is 1. The Bertz CT molecular complexity index is 1350. The number of aromatic nitrogens is 3. The molecule has 174 valence electrons. The van der Waals surface area contributed by atoms with Crippen molar-refractivity contribution in [3.05, 3.63) is 46.7 Å². The number of benzene rings is 1. The lowest BCUT2D eigenvalue weighted by molar-refractivity contribution is -0.137. The number of isocyanates is 1. The number of likely N-dealkylation sites (tertiary alicyclic amines) is 1. The highest BCUT2D eigenvalue weighted by molar-refractivity contribution is 9.10. The van der Waals surface area contributed by atoms with Crippen LogP contribution in [-0.2, 0) is 20.9 Å². The van der Waals surface area contributed by atoms with E-state index in [1.807, 2.05) is 0 Å². The Labute approximate surface area is 199 Å². The molecular formula is C21H17BrFN7O4. The van der Waals surface area contributed by atoms with E-state index in [9.17, 15) is 23.6 Å². The van der Waals surface area contributed by atoms with Crippen molar-refractivity contribution in [3.8, 4) is 0 Å². The fourth-order valence-corrected chi connectivity index (χ4v) is 4.15. The van der Waals surface area contributed by atoms with Crippen LogP contribution in [-0.4, -0.2) is 62.2 Å². The first-order chi connectivity index (χ1) is 16.3. The molecule has 3 heterocycles. The van der Waals surface area contributed by atoms with Crippen LogP contribution in [0.25, 0.3) is 10.9 Å². The Morgan fingerprint density at radius 3 is 2.79 bits per heavy atom. The number of alkyl halides is 1. The summed E-state index contributed by atoms with van der Waals surface area (Å²) >= 11 is 3.21. The predicted molar refractivity (Wildman–Crippen MR) is 122 cm³/mol. The maximum atomic E-state index is 14.2. The SMILES string of the molecule is NC(=O)c1nn(CC(=O)N2CC(F)CC2C(=O)Nc2cccc(Br)n2)c2ccc(N=C=O)cc12. The fraction of sp³-hybridized carbons (Fsp3) is 0.238. The normalized spacial score (nSPS) is 17.4. The first kappa shape index (κ1) is 23.2. The van der Waals surface area contributed by atoms with Gasteiger partial charge in [0.2, 0.25) is 17.9 Å². The minimum atomic E-state index is -1.38. The van der Waals surface area contributed by atoms with Gasteiger partial charge in [-0.1, -0.05) is 6.07 Å². The monoisotopic (exact) mass is 529 g/mol. The molecule has 2 unspecified atom stereocenters. The molecule has 3 amide bonds. The van der Waals surface area contributed by atoms with Gasteiger partial charge in [-0.05, 0) is 46.3 Å². The molecule has 1 aromatic carbocycles. The topological polar surface area (TPSA) is 153 Å². The van der Waals surface area contributed by atoms with Gasteiger partial charge in [0.1, 0.15) is 29.2 Å². The number of halogens is 2. The molecule has 1 fully saturated rings. The van der Waals surface area contributed by atoms with Gasteiger partial charge in [0, 0.05) is 11.8 Å². The largest absolute Gasteiger partial charge is 0.364 e. The first-order valence-electron chi connectivity index (χ1n) is 10.0. The van der Waals surface area contributed by atoms with Gasteiger partial charge >= 0.3 is 0 Å². The second-order valence-corrected chi connectivity index (χ2v) is 8.32. The molecule has 0 radical (unpaired) electrons. The summed E-state index contributed by atoms with van der Waals surface area (Å²) in [5, 5.41) is 7.00. The van der Waals surface area contributed by atoms with Crippen LogP contribution in [0.4, 0.5) is 15.9 Å². The number of hydrogen-bond donors (Lipinski definition) is 2. The number of nitrogens with one attached hydrogen (secondary N) is 1. The molecule has 3 aromatic rings. The van der Waals surface area contributed by atoms with E-state index >= 15 is 0 Å². The maximum Gasteiger partial charge on any atom is 0.269 e. The Kier molecular flexibility index (Phi) is 6.48. The Balaban J connectivity index is 1.59. The number of hydrogen-bond acceptors (Lipinski definition) is 7. The molecular weight excluding hydrogens is 513 g/mol. The summed E-state index contributed by atoms with van der Waals surface area (Å²) in [4.78, 5) is 57.0. The third-order valence-corrected chi connectivity index (χ3v) is 5.71. The predicted octanol–water partition coefficient (Wildman–Crippen LogP) is 1.84. The smallest absolute Gasteiger partial charge is 0.269 e. The fourth-order valence-electron chi connectivity index (χ4n) is 3.81. The number of pyridine rings is 1. The molecule has 0 saturated carbocycles. The second-order valence-electron chi connectivity index (χ2n) is 7.50. The number of carbonyl (C=O) groups is 3. The number of primary amides is 1. The van der Waals surface area contributed by atoms with E-state index in [0.717, 1.165) is 4.90 Å². The molecule has 34 heavy (non-hydrogen) atoms. The summed E-state index contributed by atoms with van der Waals surface area (Å²) in [6.45, 7) is -0.630. The Morgan fingerprint density at radius 2 is 2.09 bits per heavy atom. The van der Waals surface area contributed by atoms with E-state index in [-0.39, 0.29) is 42.1 Å². The highest BCUT2D eigenvalue weighted by Gasteiger charge is 2.40. The van der Waals surface area contributed by atoms with Crippen LogP contribution >= 0.6 is 15.9 Å². The minimum absolute atomic E-state index is 0.120. The molecule has 2 atom stereocenters. The van der Waals surface area contributed by atoms with Gasteiger partial charge < -0.3 is 16.0 Å². The van der Waals surface area contributed by atoms with Crippen molar-refractivity contribution in [1.29, 1.82) is 0 Å². The average molecular weight is 530 g/mol. The molecule has 3 N–H and O–H groups in total. The van der Waals surface area contributed by atoms with E-state index in [2.05, 4.69) is 36.3 Å². The number of rotatable bonds is 6. The van der Waals surface area contributed by atoms with Crippen molar-refractivity contribution in [2.75, 3.05) is 11.9 Å². The molecule has 0 bridgehead atoms. The van der Waals surface area contributed by atoms with Crippen molar-refractivity contribution in [2.24, 2.45) is 10.7 Å². The van der Waals surface area contributed by atoms with E-state index < -0.39 is 29.9 Å². The van der Waals surface area contributed by atoms with Crippen molar-refractivity contribution in [2.45, 2.75) is 25.2 Å². The van der Waals surface area contributed by atoms with Crippen molar-refractivity contribution < 1.29 is 23.6 Å². The van der Waals surface area contributed by atoms with Crippen LogP contribution in [0.2, 0.25) is 0 Å². The van der Waals surface area contributed by atoms with Crippen molar-refractivity contribution >= 4 is 62.1 Å². The molecule has 1 aliphatic rings. The maximum absolute atomic E-state index is 14.2. The molecule has 1 saturated heterocycles.